The molecule has 0 radical (unpaired) electrons. The van der Waals surface area contributed by atoms with E-state index in [1.165, 1.54) is 6.07 Å². The van der Waals surface area contributed by atoms with Gasteiger partial charge in [0.2, 0.25) is 0 Å². The van der Waals surface area contributed by atoms with Crippen LogP contribution in [0.2, 0.25) is 0 Å². The Morgan fingerprint density at radius 2 is 2.16 bits per heavy atom. The summed E-state index contributed by atoms with van der Waals surface area (Å²) in [6, 6.07) is 4.39. The average Bonchev–Trinajstić information content (AvgIpc) is 2.70. The standard InChI is InChI=1S/C14H15FN2O2/c1-3-5-12-11(8-17(2)16-12)9-6-4-7-10(13(9)15)14(18)19/h4,6-8H,3,5H2,1-2H3,(H,18,19). The lowest BCUT2D eigenvalue weighted by atomic mass is 10.0. The average molecular weight is 262 g/mol. The first kappa shape index (κ1) is 13.3. The minimum Gasteiger partial charge on any atom is -0.478 e. The van der Waals surface area contributed by atoms with Crippen LogP contribution >= 0.6 is 0 Å². The summed E-state index contributed by atoms with van der Waals surface area (Å²) in [5, 5.41) is 13.2. The van der Waals surface area contributed by atoms with Crippen LogP contribution in [0.25, 0.3) is 11.1 Å². The van der Waals surface area contributed by atoms with Crippen LogP contribution in [0.5, 0.6) is 0 Å². The van der Waals surface area contributed by atoms with E-state index in [1.807, 2.05) is 6.92 Å². The van der Waals surface area contributed by atoms with E-state index < -0.39 is 11.8 Å². The molecule has 19 heavy (non-hydrogen) atoms. The van der Waals surface area contributed by atoms with Gasteiger partial charge in [-0.25, -0.2) is 9.18 Å². The van der Waals surface area contributed by atoms with E-state index in [-0.39, 0.29) is 11.1 Å². The quantitative estimate of drug-likeness (QED) is 0.921. The van der Waals surface area contributed by atoms with Crippen molar-refractivity contribution in [2.24, 2.45) is 7.05 Å². The van der Waals surface area contributed by atoms with Gasteiger partial charge in [0.15, 0.2) is 0 Å². The van der Waals surface area contributed by atoms with Gasteiger partial charge in [0, 0.05) is 24.4 Å². The second-order valence-corrected chi connectivity index (χ2v) is 4.39. The van der Waals surface area contributed by atoms with E-state index in [0.29, 0.717) is 5.56 Å². The molecular weight excluding hydrogens is 247 g/mol. The SMILES string of the molecule is CCCc1nn(C)cc1-c1cccc(C(=O)O)c1F. The van der Waals surface area contributed by atoms with Gasteiger partial charge in [-0.3, -0.25) is 4.68 Å². The number of aromatic nitrogens is 2. The number of benzene rings is 1. The lowest BCUT2D eigenvalue weighted by Gasteiger charge is -2.05. The number of halogens is 1. The van der Waals surface area contributed by atoms with Crippen molar-refractivity contribution < 1.29 is 14.3 Å². The fourth-order valence-corrected chi connectivity index (χ4v) is 2.09. The lowest BCUT2D eigenvalue weighted by molar-refractivity contribution is 0.0692. The van der Waals surface area contributed by atoms with Gasteiger partial charge in [-0.2, -0.15) is 5.10 Å². The van der Waals surface area contributed by atoms with Crippen molar-refractivity contribution in [3.63, 3.8) is 0 Å². The normalized spacial score (nSPS) is 10.7. The van der Waals surface area contributed by atoms with Crippen molar-refractivity contribution in [1.82, 2.24) is 9.78 Å². The molecule has 0 aliphatic rings. The number of carboxylic acids is 1. The maximum atomic E-state index is 14.2. The number of hydrogen-bond acceptors (Lipinski definition) is 2. The van der Waals surface area contributed by atoms with Crippen LogP contribution in [0.1, 0.15) is 29.4 Å². The molecule has 0 aliphatic heterocycles. The molecule has 0 fully saturated rings. The van der Waals surface area contributed by atoms with E-state index in [9.17, 15) is 9.18 Å². The molecular formula is C14H15FN2O2. The summed E-state index contributed by atoms with van der Waals surface area (Å²) >= 11 is 0. The van der Waals surface area contributed by atoms with Crippen molar-refractivity contribution in [1.29, 1.82) is 0 Å². The second-order valence-electron chi connectivity index (χ2n) is 4.39. The molecule has 0 amide bonds. The van der Waals surface area contributed by atoms with Crippen molar-refractivity contribution >= 4 is 5.97 Å². The van der Waals surface area contributed by atoms with Crippen LogP contribution in [0.3, 0.4) is 0 Å². The Bertz CT molecular complexity index is 620. The smallest absolute Gasteiger partial charge is 0.338 e. The number of aromatic carboxylic acids is 1. The maximum absolute atomic E-state index is 14.2. The molecule has 0 saturated heterocycles. The molecule has 2 rings (SSSR count). The number of rotatable bonds is 4. The Morgan fingerprint density at radius 1 is 1.42 bits per heavy atom. The predicted octanol–water partition coefficient (Wildman–Crippen LogP) is 2.88. The largest absolute Gasteiger partial charge is 0.478 e. The highest BCUT2D eigenvalue weighted by molar-refractivity contribution is 5.90. The van der Waals surface area contributed by atoms with Crippen LogP contribution in [0.15, 0.2) is 24.4 Å². The summed E-state index contributed by atoms with van der Waals surface area (Å²) in [4.78, 5) is 11.0. The molecule has 1 heterocycles. The highest BCUT2D eigenvalue weighted by Crippen LogP contribution is 2.28. The second kappa shape index (κ2) is 5.22. The minimum atomic E-state index is -1.26. The zero-order valence-electron chi connectivity index (χ0n) is 10.9. The number of hydrogen-bond donors (Lipinski definition) is 1. The van der Waals surface area contributed by atoms with Crippen LogP contribution in [-0.2, 0) is 13.5 Å². The molecule has 100 valence electrons. The molecule has 0 unspecified atom stereocenters. The van der Waals surface area contributed by atoms with Crippen molar-refractivity contribution in [3.8, 4) is 11.1 Å². The van der Waals surface area contributed by atoms with Gasteiger partial charge >= 0.3 is 5.97 Å². The van der Waals surface area contributed by atoms with Gasteiger partial charge in [-0.1, -0.05) is 25.5 Å². The van der Waals surface area contributed by atoms with E-state index in [2.05, 4.69) is 5.10 Å². The Hall–Kier alpha value is -2.17. The monoisotopic (exact) mass is 262 g/mol. The first-order valence-electron chi connectivity index (χ1n) is 6.09. The van der Waals surface area contributed by atoms with Crippen molar-refractivity contribution in [2.45, 2.75) is 19.8 Å². The molecule has 4 nitrogen and oxygen atoms in total. The summed E-state index contributed by atoms with van der Waals surface area (Å²) in [5.74, 6) is -1.97. The van der Waals surface area contributed by atoms with E-state index in [0.717, 1.165) is 18.5 Å². The van der Waals surface area contributed by atoms with Gasteiger partial charge in [-0.05, 0) is 12.5 Å². The van der Waals surface area contributed by atoms with Gasteiger partial charge in [0.25, 0.3) is 0 Å². The predicted molar refractivity (Wildman–Crippen MR) is 69.6 cm³/mol. The molecule has 1 aromatic carbocycles. The Kier molecular flexibility index (Phi) is 3.64. The third-order valence-electron chi connectivity index (χ3n) is 2.91. The van der Waals surface area contributed by atoms with E-state index in [1.54, 1.807) is 30.1 Å². The highest BCUT2D eigenvalue weighted by Gasteiger charge is 2.18. The molecule has 0 saturated carbocycles. The van der Waals surface area contributed by atoms with Crippen molar-refractivity contribution in [2.75, 3.05) is 0 Å². The van der Waals surface area contributed by atoms with Crippen LogP contribution < -0.4 is 0 Å². The first-order valence-corrected chi connectivity index (χ1v) is 6.09. The molecule has 0 aliphatic carbocycles. The maximum Gasteiger partial charge on any atom is 0.338 e. The molecule has 1 N–H and O–H groups in total. The minimum absolute atomic E-state index is 0.288. The summed E-state index contributed by atoms with van der Waals surface area (Å²) in [6.07, 6.45) is 3.34. The number of aryl methyl sites for hydroxylation is 2. The molecule has 0 spiro atoms. The zero-order valence-corrected chi connectivity index (χ0v) is 10.9. The number of nitrogens with zero attached hydrogens (tertiary/aromatic N) is 2. The topological polar surface area (TPSA) is 55.1 Å². The molecule has 5 heteroatoms. The molecule has 0 atom stereocenters. The summed E-state index contributed by atoms with van der Waals surface area (Å²) < 4.78 is 15.8. The third kappa shape index (κ3) is 2.50. The highest BCUT2D eigenvalue weighted by atomic mass is 19.1. The molecule has 2 aromatic rings. The van der Waals surface area contributed by atoms with Gasteiger partial charge in [-0.15, -0.1) is 0 Å². The van der Waals surface area contributed by atoms with Crippen LogP contribution in [0, 0.1) is 5.82 Å². The third-order valence-corrected chi connectivity index (χ3v) is 2.91. The van der Waals surface area contributed by atoms with E-state index >= 15 is 0 Å². The van der Waals surface area contributed by atoms with Crippen molar-refractivity contribution in [3.05, 3.63) is 41.5 Å². The summed E-state index contributed by atoms with van der Waals surface area (Å²) in [7, 11) is 1.77. The van der Waals surface area contributed by atoms with Gasteiger partial charge in [0.05, 0.1) is 11.3 Å². The number of carboxylic acid groups (broad SMARTS) is 1. The van der Waals surface area contributed by atoms with Gasteiger partial charge < -0.3 is 5.11 Å². The fourth-order valence-electron chi connectivity index (χ4n) is 2.09. The van der Waals surface area contributed by atoms with Gasteiger partial charge in [0.1, 0.15) is 5.82 Å². The summed E-state index contributed by atoms with van der Waals surface area (Å²) in [6.45, 7) is 2.02. The van der Waals surface area contributed by atoms with E-state index in [4.69, 9.17) is 5.11 Å². The Balaban J connectivity index is 2.59. The fraction of sp³-hybridized carbons (Fsp3) is 0.286. The van der Waals surface area contributed by atoms with Crippen LogP contribution in [0.4, 0.5) is 4.39 Å². The Morgan fingerprint density at radius 3 is 2.79 bits per heavy atom. The lowest BCUT2D eigenvalue weighted by Crippen LogP contribution is -2.02. The zero-order chi connectivity index (χ0) is 14.0. The van der Waals surface area contributed by atoms with Crippen LogP contribution in [-0.4, -0.2) is 20.9 Å². The summed E-state index contributed by atoms with van der Waals surface area (Å²) in [5.41, 5.74) is 1.41. The molecule has 0 bridgehead atoms. The molecule has 1 aromatic heterocycles. The first-order chi connectivity index (χ1) is 9.04. The Labute approximate surface area is 110 Å². The number of carbonyl (C=O) groups is 1.